The zero-order chi connectivity index (χ0) is 44.5. The van der Waals surface area contributed by atoms with Crippen molar-refractivity contribution in [3.63, 3.8) is 0 Å². The molecule has 2 aliphatic heterocycles. The lowest BCUT2D eigenvalue weighted by molar-refractivity contribution is -0.142. The van der Waals surface area contributed by atoms with Gasteiger partial charge in [0.2, 0.25) is 41.4 Å². The van der Waals surface area contributed by atoms with Crippen molar-refractivity contribution in [1.82, 2.24) is 36.4 Å². The zero-order valence-corrected chi connectivity index (χ0v) is 36.6. The van der Waals surface area contributed by atoms with Crippen LogP contribution in [0.25, 0.3) is 0 Å². The van der Waals surface area contributed by atoms with Crippen molar-refractivity contribution in [3.05, 3.63) is 71.8 Å². The molecule has 2 aromatic rings. The molecule has 0 unspecified atom stereocenters. The van der Waals surface area contributed by atoms with E-state index in [0.717, 1.165) is 24.0 Å². The monoisotopic (exact) mass is 845 g/mol. The molecule has 0 spiro atoms. The summed E-state index contributed by atoms with van der Waals surface area (Å²) in [6.07, 6.45) is 6.05. The van der Waals surface area contributed by atoms with Gasteiger partial charge in [-0.3, -0.25) is 33.6 Å². The number of carbonyl (C=O) groups is 7. The molecular formula is C46H68N8O7. The third kappa shape index (κ3) is 15.6. The topological polar surface area (TPSA) is 212 Å². The molecule has 15 nitrogen and oxygen atoms in total. The molecule has 0 radical (unpaired) electrons. The van der Waals surface area contributed by atoms with Gasteiger partial charge in [-0.25, -0.2) is 0 Å². The first-order valence-electron chi connectivity index (χ1n) is 22.0. The number of benzene rings is 2. The summed E-state index contributed by atoms with van der Waals surface area (Å²) < 4.78 is 0. The average molecular weight is 845 g/mol. The molecule has 15 heteroatoms. The number of nitrogens with one attached hydrogen (secondary N) is 5. The van der Waals surface area contributed by atoms with E-state index in [1.807, 2.05) is 74.5 Å². The van der Waals surface area contributed by atoms with E-state index in [2.05, 4.69) is 26.6 Å². The average Bonchev–Trinajstić information content (AvgIpc) is 3.71. The predicted molar refractivity (Wildman–Crippen MR) is 233 cm³/mol. The van der Waals surface area contributed by atoms with Crippen LogP contribution in [-0.2, 0) is 46.4 Å². The van der Waals surface area contributed by atoms with Crippen LogP contribution in [0.5, 0.6) is 0 Å². The maximum Gasteiger partial charge on any atom is 0.245 e. The van der Waals surface area contributed by atoms with Crippen molar-refractivity contribution >= 4 is 41.4 Å². The van der Waals surface area contributed by atoms with E-state index in [0.29, 0.717) is 51.5 Å². The Hall–Kier alpha value is -5.31. The third-order valence-corrected chi connectivity index (χ3v) is 11.3. The van der Waals surface area contributed by atoms with Gasteiger partial charge in [0.25, 0.3) is 0 Å². The van der Waals surface area contributed by atoms with E-state index in [-0.39, 0.29) is 37.5 Å². The largest absolute Gasteiger partial charge is 0.347 e. The Labute approximate surface area is 361 Å². The Kier molecular flexibility index (Phi) is 19.2. The van der Waals surface area contributed by atoms with Gasteiger partial charge in [0, 0.05) is 39.5 Å². The molecular weight excluding hydrogens is 777 g/mol. The highest BCUT2D eigenvalue weighted by atomic mass is 16.2. The molecule has 2 saturated heterocycles. The number of amides is 7. The summed E-state index contributed by atoms with van der Waals surface area (Å²) >= 11 is 0. The number of nitrogens with two attached hydrogens (primary N) is 1. The molecule has 7 N–H and O–H groups in total. The Morgan fingerprint density at radius 3 is 2.00 bits per heavy atom. The van der Waals surface area contributed by atoms with E-state index in [1.165, 1.54) is 9.80 Å². The van der Waals surface area contributed by atoms with Gasteiger partial charge in [-0.05, 0) is 62.5 Å². The summed E-state index contributed by atoms with van der Waals surface area (Å²) in [5, 5.41) is 14.3. The first-order chi connectivity index (χ1) is 29.1. The van der Waals surface area contributed by atoms with Gasteiger partial charge >= 0.3 is 0 Å². The highest BCUT2D eigenvalue weighted by molar-refractivity contribution is 5.97. The predicted octanol–water partition coefficient (Wildman–Crippen LogP) is 2.50. The van der Waals surface area contributed by atoms with Gasteiger partial charge in [-0.15, -0.1) is 0 Å². The summed E-state index contributed by atoms with van der Waals surface area (Å²) in [5.41, 5.74) is 8.17. The van der Waals surface area contributed by atoms with E-state index >= 15 is 0 Å². The SMILES string of the molecule is CC(C)C[C@@H]1NC(=O)[C@@H](NC(=O)[C@H](Cc2ccccc2)NC(=O)C[C@@H](N)Cc2ccccc2)CCCCCCC[C@H](C(=O)N(C)C)NC(=O)[C@@H]2CCCN2C(=O)[C@H](C)NC1=O. The summed E-state index contributed by atoms with van der Waals surface area (Å²) in [5.74, 6) is -3.16. The zero-order valence-electron chi connectivity index (χ0n) is 36.6. The maximum absolute atomic E-state index is 14.2. The lowest BCUT2D eigenvalue weighted by Crippen LogP contribution is -2.59. The van der Waals surface area contributed by atoms with Crippen LogP contribution < -0.4 is 32.3 Å². The highest BCUT2D eigenvalue weighted by Crippen LogP contribution is 2.20. The minimum Gasteiger partial charge on any atom is -0.347 e. The summed E-state index contributed by atoms with van der Waals surface area (Å²) in [4.78, 5) is 99.1. The Morgan fingerprint density at radius 1 is 0.770 bits per heavy atom. The second kappa shape index (κ2) is 24.2. The summed E-state index contributed by atoms with van der Waals surface area (Å²) in [7, 11) is 3.28. The molecule has 0 saturated carbocycles. The maximum atomic E-state index is 14.2. The van der Waals surface area contributed by atoms with Gasteiger partial charge in [0.05, 0.1) is 0 Å². The van der Waals surface area contributed by atoms with Crippen LogP contribution in [0.4, 0.5) is 0 Å². The lowest BCUT2D eigenvalue weighted by Gasteiger charge is -2.30. The molecule has 7 amide bonds. The normalized spacial score (nSPS) is 23.4. The van der Waals surface area contributed by atoms with Gasteiger partial charge < -0.3 is 42.1 Å². The summed E-state index contributed by atoms with van der Waals surface area (Å²) in [6, 6.07) is 12.7. The molecule has 2 fully saturated rings. The second-order valence-corrected chi connectivity index (χ2v) is 17.3. The van der Waals surface area contributed by atoms with Crippen LogP contribution in [0, 0.1) is 5.92 Å². The molecule has 7 atom stereocenters. The lowest BCUT2D eigenvalue weighted by atomic mass is 9.99. The van der Waals surface area contributed by atoms with Crippen molar-refractivity contribution in [1.29, 1.82) is 0 Å². The van der Waals surface area contributed by atoms with Crippen LogP contribution in [0.15, 0.2) is 60.7 Å². The fourth-order valence-corrected chi connectivity index (χ4v) is 8.05. The second-order valence-electron chi connectivity index (χ2n) is 17.3. The Bertz CT molecular complexity index is 1780. The molecule has 0 aliphatic carbocycles. The van der Waals surface area contributed by atoms with Crippen molar-refractivity contribution in [2.45, 2.75) is 147 Å². The number of carbonyl (C=O) groups excluding carboxylic acids is 7. The number of fused-ring (bicyclic) bond motifs is 1. The fraction of sp³-hybridized carbons (Fsp3) is 0.587. The first-order valence-corrected chi connectivity index (χ1v) is 22.0. The molecule has 2 heterocycles. The van der Waals surface area contributed by atoms with Gasteiger partial charge in [-0.2, -0.15) is 0 Å². The molecule has 2 aliphatic rings. The van der Waals surface area contributed by atoms with Crippen LogP contribution in [0.3, 0.4) is 0 Å². The van der Waals surface area contributed by atoms with Crippen LogP contribution in [0.1, 0.15) is 103 Å². The number of likely N-dealkylation sites (N-methyl/N-ethyl adjacent to an activating group) is 1. The number of nitrogens with zero attached hydrogens (tertiary/aromatic N) is 2. The number of hydrogen-bond acceptors (Lipinski definition) is 8. The van der Waals surface area contributed by atoms with Crippen molar-refractivity contribution < 1.29 is 33.6 Å². The summed E-state index contributed by atoms with van der Waals surface area (Å²) in [6.45, 7) is 5.69. The Morgan fingerprint density at radius 2 is 1.38 bits per heavy atom. The van der Waals surface area contributed by atoms with Crippen LogP contribution in [-0.4, -0.2) is 114 Å². The first kappa shape index (κ1) is 48.4. The standard InChI is InChI=1S/C46H68N8O7/c1-30(2)26-37-42(57)48-31(3)45(60)54-25-17-24-39(54)44(59)51-36(46(61)53(4)5)23-16-8-6-7-15-22-35(41(56)52-37)50-43(58)38(28-33-20-13-10-14-21-33)49-40(55)29-34(47)27-32-18-11-9-12-19-32/h9-14,18-21,30-31,34-39H,6-8,15-17,22-29,47H2,1-5H3,(H,48,57)(H,49,55)(H,50,58)(H,51,59)(H,52,56)/t31-,34-,35-,36+,37-,38-,39-/m0/s1. The van der Waals surface area contributed by atoms with E-state index in [9.17, 15) is 33.6 Å². The third-order valence-electron chi connectivity index (χ3n) is 11.3. The van der Waals surface area contributed by atoms with E-state index in [4.69, 9.17) is 5.73 Å². The molecule has 334 valence electrons. The van der Waals surface area contributed by atoms with E-state index in [1.54, 1.807) is 21.0 Å². The quantitative estimate of drug-likeness (QED) is 0.187. The molecule has 61 heavy (non-hydrogen) atoms. The van der Waals surface area contributed by atoms with Gasteiger partial charge in [-0.1, -0.05) is 107 Å². The minimum absolute atomic E-state index is 0.0147. The smallest absolute Gasteiger partial charge is 0.245 e. The van der Waals surface area contributed by atoms with Crippen molar-refractivity contribution in [3.8, 4) is 0 Å². The Balaban J connectivity index is 1.56. The molecule has 4 rings (SSSR count). The van der Waals surface area contributed by atoms with E-state index < -0.39 is 77.7 Å². The van der Waals surface area contributed by atoms with Crippen molar-refractivity contribution in [2.24, 2.45) is 11.7 Å². The molecule has 0 aromatic heterocycles. The van der Waals surface area contributed by atoms with Crippen LogP contribution in [0.2, 0.25) is 0 Å². The fourth-order valence-electron chi connectivity index (χ4n) is 8.05. The van der Waals surface area contributed by atoms with Gasteiger partial charge in [0.15, 0.2) is 0 Å². The molecule has 0 bridgehead atoms. The number of rotatable bonds is 12. The van der Waals surface area contributed by atoms with Gasteiger partial charge in [0.1, 0.15) is 36.3 Å². The van der Waals surface area contributed by atoms with Crippen molar-refractivity contribution in [2.75, 3.05) is 20.6 Å². The van der Waals surface area contributed by atoms with Crippen LogP contribution >= 0.6 is 0 Å². The highest BCUT2D eigenvalue weighted by Gasteiger charge is 2.39. The molecule has 2 aromatic carbocycles. The number of hydrogen-bond donors (Lipinski definition) is 6. The minimum atomic E-state index is -1.04.